The molecule has 1 N–H and O–H groups in total. The summed E-state index contributed by atoms with van der Waals surface area (Å²) in [5, 5.41) is 6.33. The molecule has 0 amide bonds. The first-order valence-electron chi connectivity index (χ1n) is 10.2. The molecule has 1 saturated heterocycles. The number of thiophene rings is 1. The molecule has 2 aliphatic rings. The molecule has 1 aliphatic heterocycles. The number of ether oxygens (including phenoxy) is 1. The van der Waals surface area contributed by atoms with Gasteiger partial charge in [0.05, 0.1) is 23.9 Å². The van der Waals surface area contributed by atoms with Gasteiger partial charge in [-0.1, -0.05) is 6.07 Å². The molecular formula is C23H22BrN3OS2. The number of anilines is 1. The van der Waals surface area contributed by atoms with Crippen molar-refractivity contribution in [2.75, 3.05) is 4.90 Å². The Morgan fingerprint density at radius 3 is 2.60 bits per heavy atom. The molecule has 2 aromatic heterocycles. The van der Waals surface area contributed by atoms with Gasteiger partial charge in [0.25, 0.3) is 0 Å². The lowest BCUT2D eigenvalue weighted by Gasteiger charge is -2.27. The topological polar surface area (TPSA) is 37.4 Å². The number of nitrogens with zero attached hydrogens (tertiary/aromatic N) is 2. The number of hydrogen-bond acceptors (Lipinski definition) is 4. The highest BCUT2D eigenvalue weighted by Crippen LogP contribution is 2.44. The molecule has 4 nitrogen and oxygen atoms in total. The number of pyridine rings is 1. The molecule has 0 spiro atoms. The van der Waals surface area contributed by atoms with Gasteiger partial charge in [-0.3, -0.25) is 4.98 Å². The molecule has 2 atom stereocenters. The number of rotatable bonds is 5. The van der Waals surface area contributed by atoms with Crippen molar-refractivity contribution < 1.29 is 4.74 Å². The molecular weight excluding hydrogens is 478 g/mol. The van der Waals surface area contributed by atoms with Crippen LogP contribution in [-0.2, 0) is 0 Å². The predicted octanol–water partition coefficient (Wildman–Crippen LogP) is 6.40. The van der Waals surface area contributed by atoms with Crippen LogP contribution in [0.1, 0.15) is 48.3 Å². The summed E-state index contributed by atoms with van der Waals surface area (Å²) in [6.07, 6.45) is 7.04. The van der Waals surface area contributed by atoms with Crippen molar-refractivity contribution in [3.8, 4) is 5.75 Å². The van der Waals surface area contributed by atoms with Gasteiger partial charge >= 0.3 is 0 Å². The summed E-state index contributed by atoms with van der Waals surface area (Å²) in [5.74, 6) is 0.931. The van der Waals surface area contributed by atoms with Gasteiger partial charge in [0.2, 0.25) is 0 Å². The summed E-state index contributed by atoms with van der Waals surface area (Å²) >= 11 is 11.1. The minimum absolute atomic E-state index is 0.0151. The Hall–Kier alpha value is -1.96. The van der Waals surface area contributed by atoms with E-state index >= 15 is 0 Å². The minimum atomic E-state index is -0.0151. The molecule has 0 unspecified atom stereocenters. The molecule has 7 heteroatoms. The van der Waals surface area contributed by atoms with E-state index in [2.05, 4.69) is 72.9 Å². The van der Waals surface area contributed by atoms with Crippen LogP contribution in [0.2, 0.25) is 0 Å². The van der Waals surface area contributed by atoms with Crippen LogP contribution in [0.4, 0.5) is 5.69 Å². The third-order valence-corrected chi connectivity index (χ3v) is 7.78. The van der Waals surface area contributed by atoms with E-state index in [0.29, 0.717) is 11.2 Å². The maximum absolute atomic E-state index is 6.14. The monoisotopic (exact) mass is 499 g/mol. The van der Waals surface area contributed by atoms with Gasteiger partial charge in [-0.25, -0.2) is 0 Å². The molecule has 154 valence electrons. The van der Waals surface area contributed by atoms with E-state index in [4.69, 9.17) is 17.0 Å². The van der Waals surface area contributed by atoms with Gasteiger partial charge in [-0.2, -0.15) is 0 Å². The average molecular weight is 500 g/mol. The fourth-order valence-electron chi connectivity index (χ4n) is 4.29. The van der Waals surface area contributed by atoms with Crippen LogP contribution < -0.4 is 15.0 Å². The van der Waals surface area contributed by atoms with Crippen LogP contribution in [0, 0.1) is 0 Å². The van der Waals surface area contributed by atoms with Crippen molar-refractivity contribution in [2.45, 2.75) is 43.9 Å². The highest BCUT2D eigenvalue weighted by molar-refractivity contribution is 9.10. The molecule has 30 heavy (non-hydrogen) atoms. The first-order chi connectivity index (χ1) is 14.7. The van der Waals surface area contributed by atoms with Crippen LogP contribution in [-0.4, -0.2) is 16.2 Å². The quantitative estimate of drug-likeness (QED) is 0.410. The zero-order valence-electron chi connectivity index (χ0n) is 16.3. The summed E-state index contributed by atoms with van der Waals surface area (Å²) < 4.78 is 7.23. The molecule has 3 aromatic rings. The van der Waals surface area contributed by atoms with E-state index in [9.17, 15) is 0 Å². The van der Waals surface area contributed by atoms with E-state index < -0.39 is 0 Å². The summed E-state index contributed by atoms with van der Waals surface area (Å²) in [5.41, 5.74) is 2.04. The highest BCUT2D eigenvalue weighted by atomic mass is 79.9. The van der Waals surface area contributed by atoms with E-state index in [1.807, 2.05) is 18.3 Å². The maximum atomic E-state index is 6.14. The Morgan fingerprint density at radius 2 is 1.93 bits per heavy atom. The summed E-state index contributed by atoms with van der Waals surface area (Å²) in [6, 6.07) is 16.5. The predicted molar refractivity (Wildman–Crippen MR) is 129 cm³/mol. The van der Waals surface area contributed by atoms with Crippen molar-refractivity contribution in [3.05, 3.63) is 75.2 Å². The number of nitrogens with one attached hydrogen (secondary N) is 1. The lowest BCUT2D eigenvalue weighted by atomic mass is 10.0. The molecule has 2 fully saturated rings. The normalized spacial score (nSPS) is 21.8. The first-order valence-corrected chi connectivity index (χ1v) is 12.3. The summed E-state index contributed by atoms with van der Waals surface area (Å²) in [6.45, 7) is 0. The van der Waals surface area contributed by atoms with Gasteiger partial charge in [0.1, 0.15) is 5.75 Å². The van der Waals surface area contributed by atoms with Crippen LogP contribution in [0.5, 0.6) is 5.75 Å². The van der Waals surface area contributed by atoms with Crippen molar-refractivity contribution in [1.82, 2.24) is 10.3 Å². The summed E-state index contributed by atoms with van der Waals surface area (Å²) in [4.78, 5) is 8.03. The van der Waals surface area contributed by atoms with Gasteiger partial charge in [-0.15, -0.1) is 11.3 Å². The zero-order valence-corrected chi connectivity index (χ0v) is 19.6. The Morgan fingerprint density at radius 1 is 1.13 bits per heavy atom. The van der Waals surface area contributed by atoms with Crippen molar-refractivity contribution in [1.29, 1.82) is 0 Å². The largest absolute Gasteiger partial charge is 0.490 e. The number of halogens is 1. The van der Waals surface area contributed by atoms with E-state index in [0.717, 1.165) is 34.4 Å². The highest BCUT2D eigenvalue weighted by Gasteiger charge is 2.41. The Labute approximate surface area is 194 Å². The van der Waals surface area contributed by atoms with Crippen LogP contribution in [0.25, 0.3) is 0 Å². The smallest absolute Gasteiger partial charge is 0.174 e. The zero-order chi connectivity index (χ0) is 20.5. The molecule has 1 aliphatic carbocycles. The van der Waals surface area contributed by atoms with Crippen LogP contribution >= 0.6 is 39.5 Å². The molecule has 0 bridgehead atoms. The SMILES string of the molecule is S=C1N[C@@H](c2ccccn2)[C@@H](c2cc(Br)cs2)N1c1ccc(OC2CCCC2)cc1. The van der Waals surface area contributed by atoms with Crippen molar-refractivity contribution >= 4 is 50.3 Å². The van der Waals surface area contributed by atoms with Gasteiger partial charge < -0.3 is 15.0 Å². The fraction of sp³-hybridized carbons (Fsp3) is 0.304. The van der Waals surface area contributed by atoms with Crippen molar-refractivity contribution in [2.24, 2.45) is 0 Å². The number of benzene rings is 1. The maximum Gasteiger partial charge on any atom is 0.174 e. The Balaban J connectivity index is 1.46. The van der Waals surface area contributed by atoms with E-state index in [1.54, 1.807) is 11.3 Å². The molecule has 0 radical (unpaired) electrons. The summed E-state index contributed by atoms with van der Waals surface area (Å²) in [7, 11) is 0. The van der Waals surface area contributed by atoms with E-state index in [1.165, 1.54) is 17.7 Å². The second-order valence-electron chi connectivity index (χ2n) is 7.68. The van der Waals surface area contributed by atoms with Crippen LogP contribution in [0.15, 0.2) is 64.6 Å². The number of thiocarbonyl (C=S) groups is 1. The standard InChI is InChI=1S/C23H22BrN3OS2/c24-15-13-20(30-14-15)22-21(19-7-3-4-12-25-19)26-23(29)27(22)16-8-10-18(11-9-16)28-17-5-1-2-6-17/h3-4,7-14,17,21-22H,1-2,5-6H2,(H,26,29)/t21-,22+/m0/s1. The second-order valence-corrected chi connectivity index (χ2v) is 9.93. The minimum Gasteiger partial charge on any atom is -0.490 e. The number of hydrogen-bond donors (Lipinski definition) is 1. The number of aromatic nitrogens is 1. The molecule has 1 aromatic carbocycles. The van der Waals surface area contributed by atoms with Gasteiger partial charge in [0, 0.05) is 26.6 Å². The van der Waals surface area contributed by atoms with Crippen LogP contribution in [0.3, 0.4) is 0 Å². The fourth-order valence-corrected chi connectivity index (χ4v) is 6.21. The third-order valence-electron chi connectivity index (χ3n) is 5.70. The second kappa shape index (κ2) is 8.65. The first kappa shape index (κ1) is 20.0. The van der Waals surface area contributed by atoms with Gasteiger partial charge in [0.15, 0.2) is 5.11 Å². The lowest BCUT2D eigenvalue weighted by Crippen LogP contribution is -2.29. The third kappa shape index (κ3) is 3.98. The lowest BCUT2D eigenvalue weighted by molar-refractivity contribution is 0.210. The average Bonchev–Trinajstić information content (AvgIpc) is 3.50. The molecule has 3 heterocycles. The van der Waals surface area contributed by atoms with Crippen molar-refractivity contribution in [3.63, 3.8) is 0 Å². The Kier molecular flexibility index (Phi) is 5.76. The Bertz CT molecular complexity index is 1020. The molecule has 5 rings (SSSR count). The molecule has 1 saturated carbocycles. The van der Waals surface area contributed by atoms with Gasteiger partial charge in [-0.05, 0) is 96.3 Å². The van der Waals surface area contributed by atoms with E-state index in [-0.39, 0.29) is 12.1 Å².